The Morgan fingerprint density at radius 1 is 1.40 bits per heavy atom. The molecule has 2 aromatic rings. The molecule has 0 saturated carbocycles. The second kappa shape index (κ2) is 7.56. The number of nitrogens with zero attached hydrogens (tertiary/aromatic N) is 3. The predicted octanol–water partition coefficient (Wildman–Crippen LogP) is 2.24. The fourth-order valence-corrected chi connectivity index (χ4v) is 2.43. The van der Waals surface area contributed by atoms with Gasteiger partial charge in [0.2, 0.25) is 5.91 Å². The van der Waals surface area contributed by atoms with E-state index in [0.29, 0.717) is 5.56 Å². The topological polar surface area (TPSA) is 59.4 Å². The summed E-state index contributed by atoms with van der Waals surface area (Å²) in [5.74, 6) is -0.616. The third kappa shape index (κ3) is 4.96. The van der Waals surface area contributed by atoms with Crippen LogP contribution in [0.15, 0.2) is 36.7 Å². The number of para-hydroxylation sites is 1. The Labute approximate surface area is 143 Å². The molecule has 1 atom stereocenters. The van der Waals surface area contributed by atoms with E-state index in [2.05, 4.69) is 15.2 Å². The predicted molar refractivity (Wildman–Crippen MR) is 84.6 cm³/mol. The van der Waals surface area contributed by atoms with E-state index in [-0.39, 0.29) is 23.8 Å². The van der Waals surface area contributed by atoms with E-state index in [9.17, 15) is 18.0 Å². The average molecular weight is 356 g/mol. The highest BCUT2D eigenvalue weighted by atomic mass is 19.4. The quantitative estimate of drug-likeness (QED) is 0.862. The van der Waals surface area contributed by atoms with E-state index in [1.807, 2.05) is 0 Å². The highest BCUT2D eigenvalue weighted by molar-refractivity contribution is 5.83. The number of amides is 1. The normalized spacial score (nSPS) is 12.7. The smallest absolute Gasteiger partial charge is 0.405 e. The number of rotatable bonds is 6. The number of benzene rings is 1. The molecule has 0 radical (unpaired) electrons. The van der Waals surface area contributed by atoms with Crippen molar-refractivity contribution in [2.45, 2.75) is 18.9 Å². The molecule has 1 amide bonds. The van der Waals surface area contributed by atoms with Crippen molar-refractivity contribution in [3.8, 4) is 5.75 Å². The lowest BCUT2D eigenvalue weighted by Gasteiger charge is -2.24. The molecule has 6 nitrogen and oxygen atoms in total. The number of ether oxygens (including phenoxy) is 1. The lowest BCUT2D eigenvalue weighted by atomic mass is 10.1. The fourth-order valence-electron chi connectivity index (χ4n) is 2.43. The second-order valence-electron chi connectivity index (χ2n) is 5.52. The van der Waals surface area contributed by atoms with Crippen molar-refractivity contribution in [2.24, 2.45) is 7.05 Å². The van der Waals surface area contributed by atoms with Crippen molar-refractivity contribution in [1.82, 2.24) is 20.0 Å². The summed E-state index contributed by atoms with van der Waals surface area (Å²) in [4.78, 5) is 14.0. The van der Waals surface area contributed by atoms with Crippen LogP contribution in [0, 0.1) is 0 Å². The summed E-state index contributed by atoms with van der Waals surface area (Å²) >= 11 is 0. The van der Waals surface area contributed by atoms with Crippen molar-refractivity contribution >= 4 is 5.91 Å². The number of carbonyl (C=O) groups is 1. The van der Waals surface area contributed by atoms with Crippen molar-refractivity contribution < 1.29 is 22.7 Å². The number of hydrogen-bond donors (Lipinski definition) is 1. The highest BCUT2D eigenvalue weighted by Gasteiger charge is 2.32. The molecule has 0 aliphatic heterocycles. The number of hydrogen-bond acceptors (Lipinski definition) is 4. The van der Waals surface area contributed by atoms with Gasteiger partial charge in [-0.1, -0.05) is 18.2 Å². The maximum Gasteiger partial charge on any atom is 0.573 e. The van der Waals surface area contributed by atoms with Crippen LogP contribution in [-0.4, -0.2) is 41.0 Å². The molecule has 0 fully saturated rings. The lowest BCUT2D eigenvalue weighted by Crippen LogP contribution is -2.37. The molecule has 1 aromatic carbocycles. The summed E-state index contributed by atoms with van der Waals surface area (Å²) in [6.45, 7) is -0.0243. The van der Waals surface area contributed by atoms with Crippen LogP contribution < -0.4 is 10.1 Å². The second-order valence-corrected chi connectivity index (χ2v) is 5.52. The lowest BCUT2D eigenvalue weighted by molar-refractivity contribution is -0.275. The van der Waals surface area contributed by atoms with Gasteiger partial charge < -0.3 is 15.0 Å². The number of aryl methyl sites for hydroxylation is 1. The molecular weight excluding hydrogens is 337 g/mol. The molecule has 136 valence electrons. The summed E-state index contributed by atoms with van der Waals surface area (Å²) in [7, 11) is 4.88. The zero-order valence-electron chi connectivity index (χ0n) is 14.0. The first-order valence-electron chi connectivity index (χ1n) is 7.45. The van der Waals surface area contributed by atoms with Crippen LogP contribution in [0.5, 0.6) is 5.75 Å². The highest BCUT2D eigenvalue weighted by Crippen LogP contribution is 2.27. The summed E-state index contributed by atoms with van der Waals surface area (Å²) in [5, 5.41) is 6.92. The summed E-state index contributed by atoms with van der Waals surface area (Å²) in [6.07, 6.45) is -1.52. The maximum absolute atomic E-state index is 12.6. The molecule has 2 rings (SSSR count). The van der Waals surface area contributed by atoms with E-state index in [4.69, 9.17) is 0 Å². The van der Waals surface area contributed by atoms with Crippen molar-refractivity contribution in [2.75, 3.05) is 14.1 Å². The third-order valence-corrected chi connectivity index (χ3v) is 3.58. The van der Waals surface area contributed by atoms with Crippen molar-refractivity contribution in [3.05, 3.63) is 47.8 Å². The maximum atomic E-state index is 12.6. The van der Waals surface area contributed by atoms with Gasteiger partial charge in [0.25, 0.3) is 0 Å². The Balaban J connectivity index is 2.16. The number of nitrogens with one attached hydrogen (secondary N) is 1. The molecule has 1 unspecified atom stereocenters. The van der Waals surface area contributed by atoms with Crippen LogP contribution >= 0.6 is 0 Å². The van der Waals surface area contributed by atoms with Gasteiger partial charge in [0.1, 0.15) is 11.8 Å². The molecule has 0 aliphatic rings. The molecule has 9 heteroatoms. The van der Waals surface area contributed by atoms with E-state index in [0.717, 1.165) is 0 Å². The Bertz CT molecular complexity index is 730. The van der Waals surface area contributed by atoms with Crippen LogP contribution in [0.4, 0.5) is 13.2 Å². The Morgan fingerprint density at radius 2 is 2.08 bits per heavy atom. The number of alkyl halides is 3. The van der Waals surface area contributed by atoms with Crippen LogP contribution in [0.25, 0.3) is 0 Å². The average Bonchev–Trinajstić information content (AvgIpc) is 2.94. The van der Waals surface area contributed by atoms with E-state index in [1.165, 1.54) is 30.1 Å². The molecule has 25 heavy (non-hydrogen) atoms. The minimum absolute atomic E-state index is 0.0243. The molecule has 0 bridgehead atoms. The number of halogens is 3. The molecule has 1 heterocycles. The van der Waals surface area contributed by atoms with Gasteiger partial charge >= 0.3 is 6.36 Å². The van der Waals surface area contributed by atoms with Gasteiger partial charge in [-0.3, -0.25) is 9.48 Å². The van der Waals surface area contributed by atoms with Gasteiger partial charge in [-0.15, -0.1) is 13.2 Å². The summed E-state index contributed by atoms with van der Waals surface area (Å²) in [5.41, 5.74) is 0.929. The standard InChI is InChI=1S/C16H19F3N4O2/c1-20-14(12-8-21-23(3)10-12)15(24)22(2)9-11-6-4-5-7-13(11)25-16(17,18)19/h4-8,10,14,20H,9H2,1-3H3. The van der Waals surface area contributed by atoms with E-state index < -0.39 is 12.4 Å². The van der Waals surface area contributed by atoms with Crippen molar-refractivity contribution in [3.63, 3.8) is 0 Å². The van der Waals surface area contributed by atoms with Crippen LogP contribution in [0.1, 0.15) is 17.2 Å². The zero-order valence-corrected chi connectivity index (χ0v) is 14.0. The monoisotopic (exact) mass is 356 g/mol. The largest absolute Gasteiger partial charge is 0.573 e. The van der Waals surface area contributed by atoms with Gasteiger partial charge in [0, 0.05) is 38.0 Å². The van der Waals surface area contributed by atoms with Crippen LogP contribution in [-0.2, 0) is 18.4 Å². The van der Waals surface area contributed by atoms with E-state index >= 15 is 0 Å². The van der Waals surface area contributed by atoms with Gasteiger partial charge in [-0.05, 0) is 13.1 Å². The fraction of sp³-hybridized carbons (Fsp3) is 0.375. The van der Waals surface area contributed by atoms with Gasteiger partial charge in [-0.25, -0.2) is 0 Å². The molecule has 1 N–H and O–H groups in total. The summed E-state index contributed by atoms with van der Waals surface area (Å²) < 4.78 is 43.1. The van der Waals surface area contributed by atoms with Gasteiger partial charge in [-0.2, -0.15) is 5.10 Å². The molecule has 0 saturated heterocycles. The van der Waals surface area contributed by atoms with Gasteiger partial charge in [0.15, 0.2) is 0 Å². The van der Waals surface area contributed by atoms with E-state index in [1.54, 1.807) is 37.2 Å². The Kier molecular flexibility index (Phi) is 5.68. The third-order valence-electron chi connectivity index (χ3n) is 3.58. The number of likely N-dealkylation sites (N-methyl/N-ethyl adjacent to an activating group) is 2. The summed E-state index contributed by atoms with van der Waals surface area (Å²) in [6, 6.07) is 5.10. The molecule has 0 spiro atoms. The van der Waals surface area contributed by atoms with Gasteiger partial charge in [0.05, 0.1) is 6.20 Å². The zero-order chi connectivity index (χ0) is 18.6. The number of carbonyl (C=O) groups excluding carboxylic acids is 1. The van der Waals surface area contributed by atoms with Crippen LogP contribution in [0.2, 0.25) is 0 Å². The first-order chi connectivity index (χ1) is 11.7. The minimum atomic E-state index is -4.79. The molecular formula is C16H19F3N4O2. The first kappa shape index (κ1) is 18.8. The first-order valence-corrected chi connectivity index (χ1v) is 7.45. The molecule has 0 aliphatic carbocycles. The van der Waals surface area contributed by atoms with Crippen LogP contribution in [0.3, 0.4) is 0 Å². The SMILES string of the molecule is CNC(C(=O)N(C)Cc1ccccc1OC(F)(F)F)c1cnn(C)c1. The molecule has 1 aromatic heterocycles. The Morgan fingerprint density at radius 3 is 2.64 bits per heavy atom. The Hall–Kier alpha value is -2.55. The van der Waals surface area contributed by atoms with Crippen molar-refractivity contribution in [1.29, 1.82) is 0 Å². The minimum Gasteiger partial charge on any atom is -0.405 e. The number of aromatic nitrogens is 2.